The lowest BCUT2D eigenvalue weighted by atomic mass is 9.88. The van der Waals surface area contributed by atoms with Crippen LogP contribution >= 0.6 is 0 Å². The third kappa shape index (κ3) is 2.29. The van der Waals surface area contributed by atoms with Gasteiger partial charge in [0.1, 0.15) is 0 Å². The summed E-state index contributed by atoms with van der Waals surface area (Å²) in [7, 11) is -3.42. The highest BCUT2D eigenvalue weighted by molar-refractivity contribution is 7.88. The normalized spacial score (nSPS) is 34.2. The van der Waals surface area contributed by atoms with E-state index in [9.17, 15) is 18.0 Å². The van der Waals surface area contributed by atoms with E-state index in [1.807, 2.05) is 13.8 Å². The first kappa shape index (κ1) is 16.4. The standard InChI is InChI=1S/C14H21N3O5S/c1-5-14-7-17(23(4,20)21)10(9(14)3)12(22-14)16-6-8(2)11(18)15-13(16)19/h6,9-10,12H,5,7H2,1-4H3,(H,15,18,19)/t9-,10+,12+,14-/m0/s1. The summed E-state index contributed by atoms with van der Waals surface area (Å²) in [5.74, 6) is -0.0497. The van der Waals surface area contributed by atoms with Crippen LogP contribution in [0.2, 0.25) is 0 Å². The number of rotatable bonds is 3. The van der Waals surface area contributed by atoms with E-state index in [1.165, 1.54) is 21.3 Å². The number of aryl methyl sites for hydroxylation is 1. The Balaban J connectivity index is 2.14. The predicted octanol–water partition coefficient (Wildman–Crippen LogP) is -0.197. The van der Waals surface area contributed by atoms with Crippen molar-refractivity contribution in [1.29, 1.82) is 0 Å². The highest BCUT2D eigenvalue weighted by atomic mass is 32.2. The van der Waals surface area contributed by atoms with Gasteiger partial charge in [-0.2, -0.15) is 4.31 Å². The molecular formula is C14H21N3O5S. The quantitative estimate of drug-likeness (QED) is 0.819. The Morgan fingerprint density at radius 1 is 1.43 bits per heavy atom. The zero-order valence-electron chi connectivity index (χ0n) is 13.6. The maximum atomic E-state index is 12.2. The zero-order valence-corrected chi connectivity index (χ0v) is 14.4. The smallest absolute Gasteiger partial charge is 0.330 e. The predicted molar refractivity (Wildman–Crippen MR) is 83.7 cm³/mol. The second-order valence-electron chi connectivity index (χ2n) is 6.49. The number of H-pyrrole nitrogens is 1. The van der Waals surface area contributed by atoms with E-state index in [0.717, 1.165) is 0 Å². The maximum absolute atomic E-state index is 12.2. The number of sulfonamides is 1. The van der Waals surface area contributed by atoms with Gasteiger partial charge in [0.25, 0.3) is 5.56 Å². The van der Waals surface area contributed by atoms with Crippen LogP contribution in [-0.4, -0.2) is 46.7 Å². The van der Waals surface area contributed by atoms with Crippen LogP contribution in [0.25, 0.3) is 0 Å². The molecule has 2 aliphatic heterocycles. The van der Waals surface area contributed by atoms with Gasteiger partial charge in [-0.25, -0.2) is 13.2 Å². The minimum atomic E-state index is -3.42. The minimum Gasteiger partial charge on any atom is -0.348 e. The molecule has 3 rings (SSSR count). The second kappa shape index (κ2) is 5.02. The van der Waals surface area contributed by atoms with E-state index in [0.29, 0.717) is 18.5 Å². The van der Waals surface area contributed by atoms with Gasteiger partial charge in [-0.05, 0) is 13.3 Å². The molecule has 23 heavy (non-hydrogen) atoms. The Morgan fingerprint density at radius 3 is 2.61 bits per heavy atom. The number of ether oxygens (including phenoxy) is 1. The van der Waals surface area contributed by atoms with Gasteiger partial charge in [0.15, 0.2) is 6.23 Å². The van der Waals surface area contributed by atoms with E-state index in [1.54, 1.807) is 6.92 Å². The van der Waals surface area contributed by atoms with Gasteiger partial charge < -0.3 is 4.74 Å². The molecule has 0 aromatic carbocycles. The summed E-state index contributed by atoms with van der Waals surface area (Å²) < 4.78 is 33.1. The Kier molecular flexibility index (Phi) is 3.58. The van der Waals surface area contributed by atoms with Gasteiger partial charge in [-0.15, -0.1) is 0 Å². The van der Waals surface area contributed by atoms with E-state index in [2.05, 4.69) is 4.98 Å². The first-order valence-electron chi connectivity index (χ1n) is 7.57. The van der Waals surface area contributed by atoms with Crippen LogP contribution < -0.4 is 11.2 Å². The number of hydrogen-bond acceptors (Lipinski definition) is 5. The summed E-state index contributed by atoms with van der Waals surface area (Å²) in [4.78, 5) is 26.0. The molecule has 8 nitrogen and oxygen atoms in total. The molecule has 0 radical (unpaired) electrons. The van der Waals surface area contributed by atoms with Crippen molar-refractivity contribution in [3.05, 3.63) is 32.6 Å². The molecular weight excluding hydrogens is 322 g/mol. The highest BCUT2D eigenvalue weighted by Crippen LogP contribution is 2.52. The molecule has 9 heteroatoms. The zero-order chi connectivity index (χ0) is 17.2. The maximum Gasteiger partial charge on any atom is 0.330 e. The van der Waals surface area contributed by atoms with Gasteiger partial charge in [-0.1, -0.05) is 13.8 Å². The molecule has 4 atom stereocenters. The Hall–Kier alpha value is -1.45. The average molecular weight is 343 g/mol. The van der Waals surface area contributed by atoms with Crippen LogP contribution in [0, 0.1) is 12.8 Å². The lowest BCUT2D eigenvalue weighted by Crippen LogP contribution is -2.50. The van der Waals surface area contributed by atoms with Gasteiger partial charge in [0, 0.05) is 24.2 Å². The van der Waals surface area contributed by atoms with Crippen molar-refractivity contribution >= 4 is 10.0 Å². The molecule has 0 aliphatic carbocycles. The summed E-state index contributed by atoms with van der Waals surface area (Å²) >= 11 is 0. The van der Waals surface area contributed by atoms with Crippen molar-refractivity contribution in [1.82, 2.24) is 13.9 Å². The van der Waals surface area contributed by atoms with Crippen molar-refractivity contribution in [2.24, 2.45) is 5.92 Å². The molecule has 1 aromatic rings. The van der Waals surface area contributed by atoms with Crippen molar-refractivity contribution in [3.63, 3.8) is 0 Å². The van der Waals surface area contributed by atoms with Crippen LogP contribution in [0.15, 0.2) is 15.8 Å². The van der Waals surface area contributed by atoms with E-state index in [4.69, 9.17) is 4.74 Å². The number of aromatic amines is 1. The molecule has 3 heterocycles. The van der Waals surface area contributed by atoms with Crippen LogP contribution in [0.3, 0.4) is 0 Å². The average Bonchev–Trinajstić information content (AvgIpc) is 2.91. The third-order valence-electron chi connectivity index (χ3n) is 5.19. The largest absolute Gasteiger partial charge is 0.348 e. The fraction of sp³-hybridized carbons (Fsp3) is 0.714. The molecule has 0 amide bonds. The molecule has 2 saturated heterocycles. The molecule has 2 fully saturated rings. The molecule has 0 saturated carbocycles. The molecule has 1 N–H and O–H groups in total. The first-order chi connectivity index (χ1) is 10.6. The van der Waals surface area contributed by atoms with Gasteiger partial charge >= 0.3 is 5.69 Å². The third-order valence-corrected chi connectivity index (χ3v) is 6.41. The van der Waals surface area contributed by atoms with Gasteiger partial charge in [-0.3, -0.25) is 14.3 Å². The monoisotopic (exact) mass is 343 g/mol. The number of morpholine rings is 1. The van der Waals surface area contributed by atoms with Crippen molar-refractivity contribution < 1.29 is 13.2 Å². The SMILES string of the molecule is CC[C@@]12CN(S(C)(=O)=O)[C@@H]([C@H](n3cc(C)c(=O)[nH]c3=O)O1)[C@@H]2C. The highest BCUT2D eigenvalue weighted by Gasteiger charge is 2.63. The lowest BCUT2D eigenvalue weighted by molar-refractivity contribution is -0.119. The van der Waals surface area contributed by atoms with E-state index < -0.39 is 39.1 Å². The Labute approximate surface area is 134 Å². The summed E-state index contributed by atoms with van der Waals surface area (Å²) in [5.41, 5.74) is -1.28. The van der Waals surface area contributed by atoms with Gasteiger partial charge in [0.2, 0.25) is 10.0 Å². The number of fused-ring (bicyclic) bond motifs is 2. The topological polar surface area (TPSA) is 101 Å². The molecule has 2 bridgehead atoms. The summed E-state index contributed by atoms with van der Waals surface area (Å²) in [5, 5.41) is 0. The van der Waals surface area contributed by atoms with Crippen LogP contribution in [0.1, 0.15) is 32.1 Å². The number of hydrogen-bond donors (Lipinski definition) is 1. The van der Waals surface area contributed by atoms with E-state index in [-0.39, 0.29) is 5.92 Å². The molecule has 1 aromatic heterocycles. The number of nitrogens with zero attached hydrogens (tertiary/aromatic N) is 2. The Morgan fingerprint density at radius 2 is 2.09 bits per heavy atom. The molecule has 128 valence electrons. The van der Waals surface area contributed by atoms with Gasteiger partial charge in [0.05, 0.1) is 17.9 Å². The number of nitrogens with one attached hydrogen (secondary N) is 1. The van der Waals surface area contributed by atoms with Crippen LogP contribution in [0.5, 0.6) is 0 Å². The molecule has 2 aliphatic rings. The summed E-state index contributed by atoms with van der Waals surface area (Å²) in [6, 6.07) is -0.465. The van der Waals surface area contributed by atoms with Crippen molar-refractivity contribution in [2.75, 3.05) is 12.8 Å². The summed E-state index contributed by atoms with van der Waals surface area (Å²) in [6.07, 6.45) is 2.51. The summed E-state index contributed by atoms with van der Waals surface area (Å²) in [6.45, 7) is 5.78. The Bertz CT molecular complexity index is 858. The minimum absolute atomic E-state index is 0.0497. The fourth-order valence-corrected chi connectivity index (χ4v) is 4.95. The van der Waals surface area contributed by atoms with E-state index >= 15 is 0 Å². The number of aromatic nitrogens is 2. The van der Waals surface area contributed by atoms with Crippen molar-refractivity contribution in [3.8, 4) is 0 Å². The lowest BCUT2D eigenvalue weighted by Gasteiger charge is -2.36. The van der Waals surface area contributed by atoms with Crippen LogP contribution in [0.4, 0.5) is 0 Å². The van der Waals surface area contributed by atoms with Crippen LogP contribution in [-0.2, 0) is 14.8 Å². The molecule has 0 spiro atoms. The fourth-order valence-electron chi connectivity index (χ4n) is 3.77. The van der Waals surface area contributed by atoms with Crippen molar-refractivity contribution in [2.45, 2.75) is 45.1 Å². The second-order valence-corrected chi connectivity index (χ2v) is 8.43. The first-order valence-corrected chi connectivity index (χ1v) is 9.42. The molecule has 0 unspecified atom stereocenters.